The standard InChI is InChI=1S/C22H23ClN2O2/c1-27-19-8-9-20-17(12-19)13-21(24-20)16-3-2-10-25(14-16)22(26)11-15-4-6-18(23)7-5-15/h4-9,12-13,16,24H,2-3,10-11,14H2,1H3. The van der Waals surface area contributed by atoms with Gasteiger partial charge in [-0.2, -0.15) is 0 Å². The summed E-state index contributed by atoms with van der Waals surface area (Å²) in [4.78, 5) is 18.3. The van der Waals surface area contributed by atoms with E-state index in [0.29, 0.717) is 17.4 Å². The van der Waals surface area contributed by atoms with E-state index < -0.39 is 0 Å². The van der Waals surface area contributed by atoms with Crippen LogP contribution in [-0.2, 0) is 11.2 Å². The number of likely N-dealkylation sites (tertiary alicyclic amines) is 1. The molecule has 4 nitrogen and oxygen atoms in total. The monoisotopic (exact) mass is 382 g/mol. The van der Waals surface area contributed by atoms with Crippen LogP contribution in [0.4, 0.5) is 0 Å². The van der Waals surface area contributed by atoms with Crippen molar-refractivity contribution in [2.24, 2.45) is 0 Å². The van der Waals surface area contributed by atoms with Crippen LogP contribution in [0.3, 0.4) is 0 Å². The van der Waals surface area contributed by atoms with Gasteiger partial charge >= 0.3 is 0 Å². The number of hydrogen-bond acceptors (Lipinski definition) is 2. The highest BCUT2D eigenvalue weighted by Gasteiger charge is 2.25. The summed E-state index contributed by atoms with van der Waals surface area (Å²) in [5.41, 5.74) is 3.31. The van der Waals surface area contributed by atoms with Crippen molar-refractivity contribution >= 4 is 28.4 Å². The number of H-pyrrole nitrogens is 1. The number of methoxy groups -OCH3 is 1. The van der Waals surface area contributed by atoms with Gasteiger partial charge in [0.15, 0.2) is 0 Å². The molecule has 2 heterocycles. The number of nitrogens with zero attached hydrogens (tertiary/aromatic N) is 1. The SMILES string of the molecule is COc1ccc2[nH]c(C3CCCN(C(=O)Cc4ccc(Cl)cc4)C3)cc2c1. The van der Waals surface area contributed by atoms with Crippen LogP contribution in [0.5, 0.6) is 5.75 Å². The summed E-state index contributed by atoms with van der Waals surface area (Å²) < 4.78 is 5.31. The quantitative estimate of drug-likeness (QED) is 0.705. The third-order valence-electron chi connectivity index (χ3n) is 5.33. The molecule has 0 aliphatic carbocycles. The summed E-state index contributed by atoms with van der Waals surface area (Å²) in [6.45, 7) is 1.59. The lowest BCUT2D eigenvalue weighted by molar-refractivity contribution is -0.131. The summed E-state index contributed by atoms with van der Waals surface area (Å²) in [6, 6.07) is 15.8. The summed E-state index contributed by atoms with van der Waals surface area (Å²) in [5, 5.41) is 1.84. The first kappa shape index (κ1) is 17.9. The lowest BCUT2D eigenvalue weighted by Gasteiger charge is -2.32. The molecule has 3 aromatic rings. The number of aromatic nitrogens is 1. The zero-order chi connectivity index (χ0) is 18.8. The van der Waals surface area contributed by atoms with Gasteiger partial charge in [0.05, 0.1) is 13.5 Å². The molecule has 0 spiro atoms. The minimum atomic E-state index is 0.180. The maximum absolute atomic E-state index is 12.8. The molecule has 27 heavy (non-hydrogen) atoms. The second-order valence-corrected chi connectivity index (χ2v) is 7.60. The molecule has 2 aromatic carbocycles. The zero-order valence-electron chi connectivity index (χ0n) is 15.4. The number of halogens is 1. The molecule has 0 saturated carbocycles. The third kappa shape index (κ3) is 3.96. The molecule has 1 aliphatic rings. The summed E-state index contributed by atoms with van der Waals surface area (Å²) in [5.74, 6) is 1.38. The zero-order valence-corrected chi connectivity index (χ0v) is 16.1. The number of carbonyl (C=O) groups excluding carboxylic acids is 1. The van der Waals surface area contributed by atoms with Crippen molar-refractivity contribution in [2.75, 3.05) is 20.2 Å². The normalized spacial score (nSPS) is 17.3. The van der Waals surface area contributed by atoms with Crippen LogP contribution in [-0.4, -0.2) is 36.0 Å². The van der Waals surface area contributed by atoms with Gasteiger partial charge in [0.2, 0.25) is 5.91 Å². The predicted molar refractivity (Wildman–Crippen MR) is 109 cm³/mol. The van der Waals surface area contributed by atoms with Crippen LogP contribution in [0.15, 0.2) is 48.5 Å². The predicted octanol–water partition coefficient (Wildman–Crippen LogP) is 4.78. The number of ether oxygens (including phenoxy) is 1. The molecule has 1 N–H and O–H groups in total. The Bertz CT molecular complexity index is 949. The molecule has 1 aliphatic heterocycles. The number of aromatic amines is 1. The molecule has 1 saturated heterocycles. The first-order valence-electron chi connectivity index (χ1n) is 9.31. The van der Waals surface area contributed by atoms with Crippen LogP contribution in [0.1, 0.15) is 30.0 Å². The van der Waals surface area contributed by atoms with Gasteiger partial charge in [-0.05, 0) is 54.8 Å². The third-order valence-corrected chi connectivity index (χ3v) is 5.58. The van der Waals surface area contributed by atoms with E-state index >= 15 is 0 Å². The highest BCUT2D eigenvalue weighted by atomic mass is 35.5. The van der Waals surface area contributed by atoms with Crippen molar-refractivity contribution in [3.8, 4) is 5.75 Å². The van der Waals surface area contributed by atoms with Crippen LogP contribution < -0.4 is 4.74 Å². The number of amides is 1. The van der Waals surface area contributed by atoms with Crippen molar-refractivity contribution in [1.29, 1.82) is 0 Å². The van der Waals surface area contributed by atoms with Crippen molar-refractivity contribution in [3.05, 3.63) is 64.8 Å². The van der Waals surface area contributed by atoms with E-state index in [0.717, 1.165) is 48.1 Å². The van der Waals surface area contributed by atoms with Crippen molar-refractivity contribution in [2.45, 2.75) is 25.2 Å². The second-order valence-electron chi connectivity index (χ2n) is 7.16. The van der Waals surface area contributed by atoms with Gasteiger partial charge in [-0.25, -0.2) is 0 Å². The molecule has 4 rings (SSSR count). The number of nitrogens with one attached hydrogen (secondary N) is 1. The van der Waals surface area contributed by atoms with E-state index in [2.05, 4.69) is 11.1 Å². The van der Waals surface area contributed by atoms with Crippen molar-refractivity contribution in [1.82, 2.24) is 9.88 Å². The highest BCUT2D eigenvalue weighted by molar-refractivity contribution is 6.30. The fourth-order valence-corrected chi connectivity index (χ4v) is 3.95. The Morgan fingerprint density at radius 2 is 2.04 bits per heavy atom. The Labute approximate surface area is 164 Å². The minimum Gasteiger partial charge on any atom is -0.497 e. The molecule has 0 radical (unpaired) electrons. The van der Waals surface area contributed by atoms with E-state index in [1.807, 2.05) is 47.4 Å². The Morgan fingerprint density at radius 1 is 1.22 bits per heavy atom. The van der Waals surface area contributed by atoms with Gasteiger partial charge in [-0.1, -0.05) is 23.7 Å². The van der Waals surface area contributed by atoms with Crippen LogP contribution in [0.25, 0.3) is 10.9 Å². The van der Waals surface area contributed by atoms with Crippen molar-refractivity contribution in [3.63, 3.8) is 0 Å². The van der Waals surface area contributed by atoms with Crippen molar-refractivity contribution < 1.29 is 9.53 Å². The molecular formula is C22H23ClN2O2. The summed E-state index contributed by atoms with van der Waals surface area (Å²) >= 11 is 5.93. The number of carbonyl (C=O) groups is 1. The molecule has 1 unspecified atom stereocenters. The fourth-order valence-electron chi connectivity index (χ4n) is 3.83. The number of rotatable bonds is 4. The number of hydrogen-bond donors (Lipinski definition) is 1. The first-order chi connectivity index (χ1) is 13.1. The largest absolute Gasteiger partial charge is 0.497 e. The lowest BCUT2D eigenvalue weighted by atomic mass is 9.94. The number of piperidine rings is 1. The molecule has 140 valence electrons. The smallest absolute Gasteiger partial charge is 0.227 e. The second kappa shape index (κ2) is 7.65. The van der Waals surface area contributed by atoms with Crippen LogP contribution >= 0.6 is 11.6 Å². The van der Waals surface area contributed by atoms with E-state index in [-0.39, 0.29) is 5.91 Å². The Balaban J connectivity index is 1.47. The van der Waals surface area contributed by atoms with Gasteiger partial charge in [-0.15, -0.1) is 0 Å². The molecule has 0 bridgehead atoms. The van der Waals surface area contributed by atoms with Gasteiger partial charge in [-0.3, -0.25) is 4.79 Å². The van der Waals surface area contributed by atoms with Gasteiger partial charge < -0.3 is 14.6 Å². The Morgan fingerprint density at radius 3 is 2.81 bits per heavy atom. The Kier molecular flexibility index (Phi) is 5.08. The molecule has 1 amide bonds. The number of fused-ring (bicyclic) bond motifs is 1. The number of benzene rings is 2. The van der Waals surface area contributed by atoms with Gasteiger partial charge in [0, 0.05) is 40.6 Å². The first-order valence-corrected chi connectivity index (χ1v) is 9.69. The molecular weight excluding hydrogens is 360 g/mol. The summed E-state index contributed by atoms with van der Waals surface area (Å²) in [7, 11) is 1.68. The molecule has 1 atom stereocenters. The highest BCUT2D eigenvalue weighted by Crippen LogP contribution is 2.30. The molecule has 5 heteroatoms. The van der Waals surface area contributed by atoms with Gasteiger partial charge in [0.25, 0.3) is 0 Å². The molecule has 1 fully saturated rings. The lowest BCUT2D eigenvalue weighted by Crippen LogP contribution is -2.40. The van der Waals surface area contributed by atoms with E-state index in [1.165, 1.54) is 5.69 Å². The minimum absolute atomic E-state index is 0.180. The topological polar surface area (TPSA) is 45.3 Å². The van der Waals surface area contributed by atoms with E-state index in [9.17, 15) is 4.79 Å². The maximum atomic E-state index is 12.8. The summed E-state index contributed by atoms with van der Waals surface area (Å²) in [6.07, 6.45) is 2.54. The van der Waals surface area contributed by atoms with Crippen LogP contribution in [0.2, 0.25) is 5.02 Å². The van der Waals surface area contributed by atoms with Gasteiger partial charge in [0.1, 0.15) is 5.75 Å². The average Bonchev–Trinajstić information content (AvgIpc) is 3.13. The van der Waals surface area contributed by atoms with E-state index in [1.54, 1.807) is 7.11 Å². The maximum Gasteiger partial charge on any atom is 0.227 e. The van der Waals surface area contributed by atoms with E-state index in [4.69, 9.17) is 16.3 Å². The van der Waals surface area contributed by atoms with Crippen LogP contribution in [0, 0.1) is 0 Å². The average molecular weight is 383 g/mol. The molecule has 1 aromatic heterocycles. The Hall–Kier alpha value is -2.46. The fraction of sp³-hybridized carbons (Fsp3) is 0.318.